The van der Waals surface area contributed by atoms with E-state index in [0.717, 1.165) is 6.07 Å². The minimum atomic E-state index is -4.72. The molecule has 4 N–H and O–H groups in total. The molecule has 3 aromatic carbocycles. The van der Waals surface area contributed by atoms with Crippen LogP contribution in [-0.2, 0) is 29.2 Å². The molecule has 0 atom stereocenters. The lowest BCUT2D eigenvalue weighted by atomic mass is 10.1. The van der Waals surface area contributed by atoms with Crippen LogP contribution in [0.25, 0.3) is 22.2 Å². The number of fused-ring (bicyclic) bond motifs is 1. The van der Waals surface area contributed by atoms with Crippen LogP contribution in [0.1, 0.15) is 16.9 Å². The molecular formula is C30H27F4N5O4S. The van der Waals surface area contributed by atoms with Crippen molar-refractivity contribution in [2.24, 2.45) is 5.73 Å². The van der Waals surface area contributed by atoms with Crippen molar-refractivity contribution >= 4 is 32.2 Å². The smallest absolute Gasteiger partial charge is 0.420 e. The van der Waals surface area contributed by atoms with E-state index >= 15 is 0 Å². The number of nitrogens with one attached hydrogen (secondary N) is 2. The van der Waals surface area contributed by atoms with Gasteiger partial charge in [-0.1, -0.05) is 12.1 Å². The molecule has 5 aromatic rings. The van der Waals surface area contributed by atoms with E-state index in [1.165, 1.54) is 36.7 Å². The van der Waals surface area contributed by atoms with E-state index in [2.05, 4.69) is 20.6 Å². The molecule has 0 radical (unpaired) electrons. The fraction of sp³-hybridized carbons (Fsp3) is 0.200. The highest BCUT2D eigenvalue weighted by Gasteiger charge is 2.35. The van der Waals surface area contributed by atoms with E-state index in [1.807, 2.05) is 0 Å². The summed E-state index contributed by atoms with van der Waals surface area (Å²) in [5.74, 6) is -0.0468. The van der Waals surface area contributed by atoms with Crippen LogP contribution >= 0.6 is 0 Å². The number of hydrogen-bond donors (Lipinski definition) is 3. The minimum Gasteiger partial charge on any atom is -0.488 e. The summed E-state index contributed by atoms with van der Waals surface area (Å²) in [4.78, 5) is 8.50. The predicted octanol–water partition coefficient (Wildman–Crippen LogP) is 5.79. The third kappa shape index (κ3) is 7.70. The Morgan fingerprint density at radius 1 is 0.977 bits per heavy atom. The number of benzene rings is 3. The lowest BCUT2D eigenvalue weighted by molar-refractivity contribution is -0.139. The first-order chi connectivity index (χ1) is 21.0. The van der Waals surface area contributed by atoms with Gasteiger partial charge >= 0.3 is 6.18 Å². The maximum absolute atomic E-state index is 14.0. The lowest BCUT2D eigenvalue weighted by Gasteiger charge is -2.16. The second-order valence-corrected chi connectivity index (χ2v) is 12.0. The number of rotatable bonds is 12. The third-order valence-electron chi connectivity index (χ3n) is 6.56. The molecule has 9 nitrogen and oxygen atoms in total. The number of anilines is 2. The van der Waals surface area contributed by atoms with Crippen LogP contribution in [-0.4, -0.2) is 36.6 Å². The Hall–Kier alpha value is -4.53. The third-order valence-corrected chi connectivity index (χ3v) is 7.89. The van der Waals surface area contributed by atoms with Gasteiger partial charge in [0.2, 0.25) is 0 Å². The molecule has 0 aliphatic carbocycles. The molecule has 0 saturated heterocycles. The van der Waals surface area contributed by atoms with Gasteiger partial charge in [-0.3, -0.25) is 0 Å². The molecule has 230 valence electrons. The van der Waals surface area contributed by atoms with Gasteiger partial charge in [0, 0.05) is 23.2 Å². The number of nitrogens with zero attached hydrogens (tertiary/aromatic N) is 2. The monoisotopic (exact) mass is 629 g/mol. The van der Waals surface area contributed by atoms with Crippen molar-refractivity contribution in [2.75, 3.05) is 23.5 Å². The van der Waals surface area contributed by atoms with E-state index in [4.69, 9.17) is 14.9 Å². The summed E-state index contributed by atoms with van der Waals surface area (Å²) in [7, 11) is -3.29. The normalized spacial score (nSPS) is 12.0. The zero-order chi connectivity index (χ0) is 31.3. The first-order valence-electron chi connectivity index (χ1n) is 13.3. The van der Waals surface area contributed by atoms with E-state index in [9.17, 15) is 26.0 Å². The predicted molar refractivity (Wildman–Crippen MR) is 157 cm³/mol. The molecule has 0 aliphatic rings. The fourth-order valence-corrected chi connectivity index (χ4v) is 4.96. The van der Waals surface area contributed by atoms with Crippen LogP contribution in [0.4, 0.5) is 29.1 Å². The van der Waals surface area contributed by atoms with E-state index in [0.29, 0.717) is 40.1 Å². The molecule has 2 heterocycles. The molecule has 14 heteroatoms. The van der Waals surface area contributed by atoms with Crippen molar-refractivity contribution < 1.29 is 35.1 Å². The Balaban J connectivity index is 1.34. The Bertz CT molecular complexity index is 1880. The summed E-state index contributed by atoms with van der Waals surface area (Å²) < 4.78 is 89.8. The maximum Gasteiger partial charge on any atom is 0.420 e. The highest BCUT2D eigenvalue weighted by Crippen LogP contribution is 2.39. The number of furan rings is 1. The number of sulfone groups is 1. The number of nitrogens with two attached hydrogens (primary N) is 1. The largest absolute Gasteiger partial charge is 0.488 e. The summed E-state index contributed by atoms with van der Waals surface area (Å²) in [6.07, 6.45) is -3.42. The molecule has 0 bridgehead atoms. The Kier molecular flexibility index (Phi) is 9.13. The van der Waals surface area contributed by atoms with E-state index < -0.39 is 39.0 Å². The second-order valence-electron chi connectivity index (χ2n) is 9.76. The SMILES string of the molecule is NCS(=O)(=O)CCNCc1ccc(-c2ccc3ncnc(Nc4ccc(OCc5cccc(F)c5)c(C(F)(F)F)c4)c3c2)o1. The summed E-state index contributed by atoms with van der Waals surface area (Å²) in [6, 6.07) is 17.8. The van der Waals surface area contributed by atoms with Crippen molar-refractivity contribution in [3.8, 4) is 17.1 Å². The Morgan fingerprint density at radius 3 is 2.59 bits per heavy atom. The molecular weight excluding hydrogens is 602 g/mol. The maximum atomic E-state index is 14.0. The van der Waals surface area contributed by atoms with E-state index in [1.54, 1.807) is 36.4 Å². The van der Waals surface area contributed by atoms with Gasteiger partial charge in [0.25, 0.3) is 0 Å². The minimum absolute atomic E-state index is 0.0906. The molecule has 0 unspecified atom stereocenters. The van der Waals surface area contributed by atoms with E-state index in [-0.39, 0.29) is 30.4 Å². The topological polar surface area (TPSA) is 132 Å². The lowest BCUT2D eigenvalue weighted by Crippen LogP contribution is -2.26. The first kappa shape index (κ1) is 30.9. The number of ether oxygens (including phenoxy) is 1. The first-order valence-corrected chi connectivity index (χ1v) is 15.1. The van der Waals surface area contributed by atoms with Gasteiger partial charge in [0.1, 0.15) is 41.8 Å². The molecule has 0 saturated carbocycles. The molecule has 0 fully saturated rings. The number of aromatic nitrogens is 2. The zero-order valence-corrected chi connectivity index (χ0v) is 23.9. The van der Waals surface area contributed by atoms with Crippen molar-refractivity contribution in [1.82, 2.24) is 15.3 Å². The molecule has 0 aliphatic heterocycles. The average molecular weight is 630 g/mol. The van der Waals surface area contributed by atoms with Crippen molar-refractivity contribution in [3.63, 3.8) is 0 Å². The van der Waals surface area contributed by atoms with Crippen LogP contribution in [0.2, 0.25) is 0 Å². The Labute approximate surface area is 250 Å². The standard InChI is InChI=1S/C30H27F4N5O4S/c31-21-3-1-2-19(12-21)16-42-28-8-5-22(14-25(28)30(32,33)34)39-29-24-13-20(4-7-26(24)37-18-38-29)27-9-6-23(43-27)15-36-10-11-44(40,41)17-35/h1-9,12-14,18,36H,10-11,15-17,35H2,(H,37,38,39). The van der Waals surface area contributed by atoms with Crippen LogP contribution in [0.3, 0.4) is 0 Å². The number of alkyl halides is 3. The molecule has 2 aromatic heterocycles. The molecule has 5 rings (SSSR count). The summed E-state index contributed by atoms with van der Waals surface area (Å²) in [5, 5.41) is 6.48. The second kappa shape index (κ2) is 13.0. The van der Waals surface area contributed by atoms with Crippen LogP contribution in [0.5, 0.6) is 5.75 Å². The fourth-order valence-electron chi connectivity index (χ4n) is 4.34. The quantitative estimate of drug-likeness (QED) is 0.116. The molecule has 44 heavy (non-hydrogen) atoms. The Morgan fingerprint density at radius 2 is 1.82 bits per heavy atom. The molecule has 0 amide bonds. The zero-order valence-electron chi connectivity index (χ0n) is 23.1. The summed E-state index contributed by atoms with van der Waals surface area (Å²) >= 11 is 0. The van der Waals surface area contributed by atoms with Gasteiger partial charge in [0.15, 0.2) is 9.84 Å². The summed E-state index contributed by atoms with van der Waals surface area (Å²) in [6.45, 7) is 0.273. The van der Waals surface area contributed by atoms with Gasteiger partial charge < -0.3 is 25.5 Å². The van der Waals surface area contributed by atoms with Crippen LogP contribution < -0.4 is 21.1 Å². The van der Waals surface area contributed by atoms with Gasteiger partial charge in [-0.2, -0.15) is 13.2 Å². The van der Waals surface area contributed by atoms with Gasteiger partial charge in [-0.05, 0) is 66.2 Å². The van der Waals surface area contributed by atoms with Gasteiger partial charge in [-0.15, -0.1) is 0 Å². The number of hydrogen-bond acceptors (Lipinski definition) is 9. The summed E-state index contributed by atoms with van der Waals surface area (Å²) in [5.41, 5.74) is 5.94. The van der Waals surface area contributed by atoms with Gasteiger partial charge in [-0.25, -0.2) is 22.8 Å². The van der Waals surface area contributed by atoms with Gasteiger partial charge in [0.05, 0.1) is 29.3 Å². The highest BCUT2D eigenvalue weighted by molar-refractivity contribution is 7.91. The number of halogens is 4. The van der Waals surface area contributed by atoms with Crippen LogP contribution in [0, 0.1) is 5.82 Å². The molecule has 0 spiro atoms. The average Bonchev–Trinajstić information content (AvgIpc) is 3.47. The van der Waals surface area contributed by atoms with Crippen molar-refractivity contribution in [3.05, 3.63) is 102 Å². The van der Waals surface area contributed by atoms with Crippen molar-refractivity contribution in [2.45, 2.75) is 19.3 Å². The van der Waals surface area contributed by atoms with Crippen LogP contribution in [0.15, 0.2) is 83.5 Å². The van der Waals surface area contributed by atoms with Crippen molar-refractivity contribution in [1.29, 1.82) is 0 Å². The highest BCUT2D eigenvalue weighted by atomic mass is 32.2.